The average molecular weight is 245 g/mol. The van der Waals surface area contributed by atoms with Crippen molar-refractivity contribution in [3.05, 3.63) is 16.1 Å². The minimum atomic E-state index is -2.99. The lowest BCUT2D eigenvalue weighted by Gasteiger charge is -2.02. The van der Waals surface area contributed by atoms with E-state index >= 15 is 0 Å². The summed E-state index contributed by atoms with van der Waals surface area (Å²) in [6.07, 6.45) is 0.442. The normalized spacial score (nSPS) is 24.2. The summed E-state index contributed by atoms with van der Waals surface area (Å²) in [5, 5.41) is 2.53. The molecule has 0 amide bonds. The van der Waals surface area contributed by atoms with E-state index in [0.29, 0.717) is 12.1 Å². The van der Waals surface area contributed by atoms with Gasteiger partial charge in [-0.05, 0) is 13.3 Å². The third-order valence-corrected chi connectivity index (χ3v) is 5.02. The summed E-state index contributed by atoms with van der Waals surface area (Å²) in [7, 11) is -2.99. The van der Waals surface area contributed by atoms with Crippen LogP contribution in [0.15, 0.2) is 5.38 Å². The first-order valence-electron chi connectivity index (χ1n) is 4.65. The number of rotatable bonds is 2. The van der Waals surface area contributed by atoms with Crippen molar-refractivity contribution in [2.24, 2.45) is 5.92 Å². The first kappa shape index (κ1) is 10.8. The standard InChI is InChI=1S/C9H11NO3S2/c1-6-10-8(4-14-6)9(11)7-2-3-15(12,13)5-7/h4,7H,2-3,5H2,1H3. The third-order valence-electron chi connectivity index (χ3n) is 2.47. The van der Waals surface area contributed by atoms with Gasteiger partial charge < -0.3 is 0 Å². The second-order valence-corrected chi connectivity index (χ2v) is 7.01. The van der Waals surface area contributed by atoms with Crippen molar-refractivity contribution in [2.75, 3.05) is 11.5 Å². The van der Waals surface area contributed by atoms with Crippen LogP contribution in [-0.2, 0) is 9.84 Å². The van der Waals surface area contributed by atoms with Crippen LogP contribution >= 0.6 is 11.3 Å². The van der Waals surface area contributed by atoms with E-state index in [0.717, 1.165) is 5.01 Å². The van der Waals surface area contributed by atoms with Crippen molar-refractivity contribution in [2.45, 2.75) is 13.3 Å². The first-order valence-corrected chi connectivity index (χ1v) is 7.35. The van der Waals surface area contributed by atoms with E-state index in [1.54, 1.807) is 5.38 Å². The van der Waals surface area contributed by atoms with Gasteiger partial charge in [0.05, 0.1) is 16.5 Å². The summed E-state index contributed by atoms with van der Waals surface area (Å²) in [5.41, 5.74) is 0.416. The maximum atomic E-state index is 11.8. The maximum Gasteiger partial charge on any atom is 0.186 e. The molecule has 82 valence electrons. The summed E-state index contributed by atoms with van der Waals surface area (Å²) in [5.74, 6) is -0.383. The van der Waals surface area contributed by atoms with E-state index in [1.807, 2.05) is 6.92 Å². The molecule has 2 rings (SSSR count). The number of hydrogen-bond donors (Lipinski definition) is 0. The lowest BCUT2D eigenvalue weighted by molar-refractivity contribution is 0.0929. The molecule has 0 N–H and O–H groups in total. The number of sulfone groups is 1. The number of hydrogen-bond acceptors (Lipinski definition) is 5. The van der Waals surface area contributed by atoms with Crippen LogP contribution in [-0.4, -0.2) is 30.7 Å². The highest BCUT2D eigenvalue weighted by Gasteiger charge is 2.34. The molecule has 6 heteroatoms. The SMILES string of the molecule is Cc1nc(C(=O)C2CCS(=O)(=O)C2)cs1. The molecule has 0 spiro atoms. The van der Waals surface area contributed by atoms with E-state index in [4.69, 9.17) is 0 Å². The van der Waals surface area contributed by atoms with Crippen molar-refractivity contribution in [1.29, 1.82) is 0 Å². The quantitative estimate of drug-likeness (QED) is 0.731. The highest BCUT2D eigenvalue weighted by atomic mass is 32.2. The van der Waals surface area contributed by atoms with E-state index in [2.05, 4.69) is 4.98 Å². The minimum Gasteiger partial charge on any atom is -0.292 e. The van der Waals surface area contributed by atoms with Gasteiger partial charge in [-0.3, -0.25) is 4.79 Å². The van der Waals surface area contributed by atoms with Gasteiger partial charge in [0.25, 0.3) is 0 Å². The van der Waals surface area contributed by atoms with Crippen LogP contribution in [0.3, 0.4) is 0 Å². The first-order chi connectivity index (χ1) is 6.98. The van der Waals surface area contributed by atoms with Gasteiger partial charge >= 0.3 is 0 Å². The van der Waals surface area contributed by atoms with Gasteiger partial charge in [-0.25, -0.2) is 13.4 Å². The summed E-state index contributed by atoms with van der Waals surface area (Å²) < 4.78 is 22.4. The van der Waals surface area contributed by atoms with E-state index in [-0.39, 0.29) is 23.2 Å². The van der Waals surface area contributed by atoms with Gasteiger partial charge in [0.2, 0.25) is 0 Å². The lowest BCUT2D eigenvalue weighted by Crippen LogP contribution is -2.16. The predicted octanol–water partition coefficient (Wildman–Crippen LogP) is 1.07. The van der Waals surface area contributed by atoms with E-state index < -0.39 is 9.84 Å². The molecule has 0 aromatic carbocycles. The molecule has 1 aliphatic heterocycles. The molecule has 1 unspecified atom stereocenters. The van der Waals surface area contributed by atoms with E-state index in [1.165, 1.54) is 11.3 Å². The van der Waals surface area contributed by atoms with Crippen LogP contribution < -0.4 is 0 Å². The van der Waals surface area contributed by atoms with Crippen molar-refractivity contribution >= 4 is 27.0 Å². The highest BCUT2D eigenvalue weighted by Crippen LogP contribution is 2.23. The largest absolute Gasteiger partial charge is 0.292 e. The van der Waals surface area contributed by atoms with Gasteiger partial charge in [-0.1, -0.05) is 0 Å². The average Bonchev–Trinajstić information content (AvgIpc) is 2.71. The number of ketones is 1. The Balaban J connectivity index is 2.17. The van der Waals surface area contributed by atoms with Crippen molar-refractivity contribution in [3.63, 3.8) is 0 Å². The zero-order valence-corrected chi connectivity index (χ0v) is 9.90. The Hall–Kier alpha value is -0.750. The molecular formula is C9H11NO3S2. The lowest BCUT2D eigenvalue weighted by atomic mass is 10.0. The molecule has 2 heterocycles. The molecule has 4 nitrogen and oxygen atoms in total. The maximum absolute atomic E-state index is 11.8. The third kappa shape index (κ3) is 2.26. The predicted molar refractivity (Wildman–Crippen MR) is 57.9 cm³/mol. The van der Waals surface area contributed by atoms with Crippen LogP contribution in [0.5, 0.6) is 0 Å². The molecule has 0 aliphatic carbocycles. The van der Waals surface area contributed by atoms with Crippen LogP contribution in [0, 0.1) is 12.8 Å². The van der Waals surface area contributed by atoms with Crippen LogP contribution in [0.4, 0.5) is 0 Å². The van der Waals surface area contributed by atoms with Gasteiger partial charge in [-0.2, -0.15) is 0 Å². The molecule has 0 bridgehead atoms. The number of thiazole rings is 1. The number of carbonyl (C=O) groups is 1. The molecule has 1 aliphatic rings. The van der Waals surface area contributed by atoms with Crippen molar-refractivity contribution in [3.8, 4) is 0 Å². The Morgan fingerprint density at radius 3 is 2.80 bits per heavy atom. The topological polar surface area (TPSA) is 64.1 Å². The monoisotopic (exact) mass is 245 g/mol. The van der Waals surface area contributed by atoms with Crippen LogP contribution in [0.1, 0.15) is 21.9 Å². The summed E-state index contributed by atoms with van der Waals surface area (Å²) in [6, 6.07) is 0. The fourth-order valence-electron chi connectivity index (χ4n) is 1.69. The fourth-order valence-corrected chi connectivity index (χ4v) is 4.03. The zero-order chi connectivity index (χ0) is 11.1. The molecule has 0 saturated carbocycles. The Labute approximate surface area is 92.3 Å². The Morgan fingerprint density at radius 2 is 2.33 bits per heavy atom. The van der Waals surface area contributed by atoms with Gasteiger partial charge in [0.15, 0.2) is 15.6 Å². The van der Waals surface area contributed by atoms with Crippen LogP contribution in [0.2, 0.25) is 0 Å². The van der Waals surface area contributed by atoms with Gasteiger partial charge in [-0.15, -0.1) is 11.3 Å². The Bertz CT molecular complexity index is 489. The molecule has 1 aromatic rings. The fraction of sp³-hybridized carbons (Fsp3) is 0.556. The molecule has 1 atom stereocenters. The molecule has 1 aromatic heterocycles. The molecule has 1 fully saturated rings. The highest BCUT2D eigenvalue weighted by molar-refractivity contribution is 7.91. The summed E-state index contributed by atoms with van der Waals surface area (Å²) in [4.78, 5) is 15.9. The smallest absolute Gasteiger partial charge is 0.186 e. The number of nitrogens with zero attached hydrogens (tertiary/aromatic N) is 1. The second-order valence-electron chi connectivity index (χ2n) is 3.72. The summed E-state index contributed by atoms with van der Waals surface area (Å²) in [6.45, 7) is 1.83. The minimum absolute atomic E-state index is 0.0115. The van der Waals surface area contributed by atoms with Gasteiger partial charge in [0.1, 0.15) is 5.69 Å². The second kappa shape index (κ2) is 3.68. The zero-order valence-electron chi connectivity index (χ0n) is 8.26. The number of Topliss-reactive ketones (excluding diaryl/α,β-unsaturated/α-hetero) is 1. The van der Waals surface area contributed by atoms with Gasteiger partial charge in [0, 0.05) is 11.3 Å². The molecule has 1 saturated heterocycles. The van der Waals surface area contributed by atoms with Crippen LogP contribution in [0.25, 0.3) is 0 Å². The number of aryl methyl sites for hydroxylation is 1. The molecule has 0 radical (unpaired) electrons. The van der Waals surface area contributed by atoms with Crippen molar-refractivity contribution in [1.82, 2.24) is 4.98 Å². The molecule has 15 heavy (non-hydrogen) atoms. The number of aromatic nitrogens is 1. The Kier molecular flexibility index (Phi) is 2.64. The molecular weight excluding hydrogens is 234 g/mol. The number of carbonyl (C=O) groups excluding carboxylic acids is 1. The van der Waals surface area contributed by atoms with Crippen molar-refractivity contribution < 1.29 is 13.2 Å². The van der Waals surface area contributed by atoms with E-state index in [9.17, 15) is 13.2 Å². The Morgan fingerprint density at radius 1 is 1.60 bits per heavy atom. The summed E-state index contributed by atoms with van der Waals surface area (Å²) >= 11 is 1.41.